The monoisotopic (exact) mass is 342 g/mol. The zero-order chi connectivity index (χ0) is 17.7. The average molecular weight is 342 g/mol. The molecule has 1 heterocycles. The normalized spacial score (nSPS) is 19.3. The number of amides is 2. The fourth-order valence-corrected chi connectivity index (χ4v) is 3.42. The summed E-state index contributed by atoms with van der Waals surface area (Å²) in [5.41, 5.74) is 0.619. The maximum absolute atomic E-state index is 12.2. The van der Waals surface area contributed by atoms with E-state index in [1.165, 1.54) is 0 Å². The number of ether oxygens (including phenoxy) is 1. The van der Waals surface area contributed by atoms with Crippen LogP contribution in [-0.4, -0.2) is 55.1 Å². The number of nitriles is 1. The number of carbonyl (C=O) groups is 2. The fraction of sp³-hybridized carbons (Fsp3) is 0.500. The summed E-state index contributed by atoms with van der Waals surface area (Å²) in [5.74, 6) is -1.42. The van der Waals surface area contributed by atoms with E-state index in [1.54, 1.807) is 24.3 Å². The van der Waals surface area contributed by atoms with E-state index in [-0.39, 0.29) is 5.54 Å². The molecular weight excluding hydrogens is 320 g/mol. The van der Waals surface area contributed by atoms with E-state index in [9.17, 15) is 9.59 Å². The number of hydrogen-bond donors (Lipinski definition) is 2. The van der Waals surface area contributed by atoms with Crippen molar-refractivity contribution in [1.29, 1.82) is 5.26 Å². The molecule has 1 saturated heterocycles. The van der Waals surface area contributed by atoms with Gasteiger partial charge >= 0.3 is 11.8 Å². The summed E-state index contributed by atoms with van der Waals surface area (Å²) in [6, 6.07) is 8.60. The van der Waals surface area contributed by atoms with E-state index >= 15 is 0 Å². The van der Waals surface area contributed by atoms with Crippen molar-refractivity contribution in [2.24, 2.45) is 0 Å². The van der Waals surface area contributed by atoms with Gasteiger partial charge in [0.1, 0.15) is 6.07 Å². The van der Waals surface area contributed by atoms with Gasteiger partial charge in [-0.05, 0) is 31.4 Å². The van der Waals surface area contributed by atoms with Crippen LogP contribution in [0.4, 0.5) is 5.69 Å². The lowest BCUT2D eigenvalue weighted by Crippen LogP contribution is -2.63. The molecule has 1 aromatic rings. The first-order valence-corrected chi connectivity index (χ1v) is 8.56. The molecule has 2 amide bonds. The standard InChI is InChI=1S/C18H22N4O3/c19-12-14-4-1-2-5-15(14)21-17(24)16(23)20-13-18(6-3-7-18)22-8-10-25-11-9-22/h1-2,4-5H,3,6-11,13H2,(H,20,23)(H,21,24). The molecule has 0 spiro atoms. The van der Waals surface area contributed by atoms with Crippen LogP contribution in [0.25, 0.3) is 0 Å². The smallest absolute Gasteiger partial charge is 0.313 e. The van der Waals surface area contributed by atoms with Gasteiger partial charge in [-0.15, -0.1) is 0 Å². The second kappa shape index (κ2) is 7.64. The molecule has 25 heavy (non-hydrogen) atoms. The number of nitrogens with one attached hydrogen (secondary N) is 2. The van der Waals surface area contributed by atoms with Crippen molar-refractivity contribution < 1.29 is 14.3 Å². The highest BCUT2D eigenvalue weighted by atomic mass is 16.5. The van der Waals surface area contributed by atoms with E-state index in [0.29, 0.717) is 31.0 Å². The minimum Gasteiger partial charge on any atom is -0.379 e. The first-order chi connectivity index (χ1) is 12.1. The van der Waals surface area contributed by atoms with Gasteiger partial charge in [-0.2, -0.15) is 5.26 Å². The molecule has 2 N–H and O–H groups in total. The van der Waals surface area contributed by atoms with E-state index in [1.807, 2.05) is 6.07 Å². The third-order valence-electron chi connectivity index (χ3n) is 5.05. The SMILES string of the molecule is N#Cc1ccccc1NC(=O)C(=O)NCC1(N2CCOCC2)CCC1. The van der Waals surface area contributed by atoms with Gasteiger partial charge < -0.3 is 15.4 Å². The van der Waals surface area contributed by atoms with Crippen LogP contribution in [0.3, 0.4) is 0 Å². The highest BCUT2D eigenvalue weighted by Crippen LogP contribution is 2.37. The maximum atomic E-state index is 12.2. The zero-order valence-electron chi connectivity index (χ0n) is 14.1. The van der Waals surface area contributed by atoms with Crippen LogP contribution in [0.2, 0.25) is 0 Å². The van der Waals surface area contributed by atoms with E-state index < -0.39 is 11.8 Å². The van der Waals surface area contributed by atoms with Gasteiger partial charge in [0.05, 0.1) is 24.5 Å². The Morgan fingerprint density at radius 1 is 1.20 bits per heavy atom. The van der Waals surface area contributed by atoms with E-state index in [2.05, 4.69) is 15.5 Å². The summed E-state index contributed by atoms with van der Waals surface area (Å²) in [5, 5.41) is 14.3. The summed E-state index contributed by atoms with van der Waals surface area (Å²) in [6.07, 6.45) is 3.17. The van der Waals surface area contributed by atoms with Crippen LogP contribution in [0.15, 0.2) is 24.3 Å². The molecule has 0 atom stereocenters. The van der Waals surface area contributed by atoms with Crippen molar-refractivity contribution in [3.05, 3.63) is 29.8 Å². The molecule has 1 aliphatic carbocycles. The molecule has 3 rings (SSSR count). The molecule has 1 aliphatic heterocycles. The van der Waals surface area contributed by atoms with Crippen molar-refractivity contribution in [3.8, 4) is 6.07 Å². The van der Waals surface area contributed by atoms with Gasteiger partial charge in [-0.3, -0.25) is 14.5 Å². The molecule has 132 valence electrons. The predicted molar refractivity (Wildman–Crippen MR) is 91.8 cm³/mol. The lowest BCUT2D eigenvalue weighted by atomic mass is 9.75. The van der Waals surface area contributed by atoms with Gasteiger partial charge in [0, 0.05) is 25.2 Å². The topological polar surface area (TPSA) is 94.5 Å². The molecule has 0 aromatic heterocycles. The Hall–Kier alpha value is -2.43. The molecule has 7 nitrogen and oxygen atoms in total. The Morgan fingerprint density at radius 3 is 2.56 bits per heavy atom. The minimum atomic E-state index is -0.751. The van der Waals surface area contributed by atoms with Crippen LogP contribution >= 0.6 is 0 Å². The van der Waals surface area contributed by atoms with Crippen LogP contribution < -0.4 is 10.6 Å². The molecule has 2 aliphatic rings. The Labute approximate surface area is 146 Å². The van der Waals surface area contributed by atoms with Crippen molar-refractivity contribution in [2.45, 2.75) is 24.8 Å². The molecule has 1 aromatic carbocycles. The van der Waals surface area contributed by atoms with Gasteiger partial charge in [-0.25, -0.2) is 0 Å². The first-order valence-electron chi connectivity index (χ1n) is 8.56. The van der Waals surface area contributed by atoms with Crippen molar-refractivity contribution >= 4 is 17.5 Å². The second-order valence-corrected chi connectivity index (χ2v) is 6.47. The van der Waals surface area contributed by atoms with Gasteiger partial charge in [0.25, 0.3) is 0 Å². The van der Waals surface area contributed by atoms with Crippen LogP contribution in [0.1, 0.15) is 24.8 Å². The Bertz CT molecular complexity index is 688. The number of nitrogens with zero attached hydrogens (tertiary/aromatic N) is 2. The van der Waals surface area contributed by atoms with Gasteiger partial charge in [0.15, 0.2) is 0 Å². The third-order valence-corrected chi connectivity index (χ3v) is 5.05. The molecular formula is C18H22N4O3. The van der Waals surface area contributed by atoms with Crippen molar-refractivity contribution in [1.82, 2.24) is 10.2 Å². The van der Waals surface area contributed by atoms with Gasteiger partial charge in [0.2, 0.25) is 0 Å². The summed E-state index contributed by atoms with van der Waals surface area (Å²) in [7, 11) is 0. The predicted octanol–water partition coefficient (Wildman–Crippen LogP) is 0.868. The number of carbonyl (C=O) groups excluding carboxylic acids is 2. The van der Waals surface area contributed by atoms with Gasteiger partial charge in [-0.1, -0.05) is 12.1 Å². The Kier molecular flexibility index (Phi) is 5.31. The minimum absolute atomic E-state index is 0.0513. The molecule has 0 bridgehead atoms. The van der Waals surface area contributed by atoms with Crippen LogP contribution in [0, 0.1) is 11.3 Å². The summed E-state index contributed by atoms with van der Waals surface area (Å²) < 4.78 is 5.40. The maximum Gasteiger partial charge on any atom is 0.313 e. The number of benzene rings is 1. The number of rotatable bonds is 4. The van der Waals surface area contributed by atoms with E-state index in [4.69, 9.17) is 10.00 Å². The quantitative estimate of drug-likeness (QED) is 0.792. The fourth-order valence-electron chi connectivity index (χ4n) is 3.42. The second-order valence-electron chi connectivity index (χ2n) is 6.47. The lowest BCUT2D eigenvalue weighted by Gasteiger charge is -2.51. The molecule has 7 heteroatoms. The zero-order valence-corrected chi connectivity index (χ0v) is 14.1. The number of anilines is 1. The molecule has 0 unspecified atom stereocenters. The first kappa shape index (κ1) is 17.4. The largest absolute Gasteiger partial charge is 0.379 e. The molecule has 2 fully saturated rings. The number of hydrogen-bond acceptors (Lipinski definition) is 5. The van der Waals surface area contributed by atoms with Crippen molar-refractivity contribution in [2.75, 3.05) is 38.2 Å². The number of morpholine rings is 1. The average Bonchev–Trinajstić information content (AvgIpc) is 2.62. The summed E-state index contributed by atoms with van der Waals surface area (Å²) >= 11 is 0. The highest BCUT2D eigenvalue weighted by molar-refractivity contribution is 6.39. The highest BCUT2D eigenvalue weighted by Gasteiger charge is 2.43. The van der Waals surface area contributed by atoms with Crippen LogP contribution in [-0.2, 0) is 14.3 Å². The molecule has 1 saturated carbocycles. The van der Waals surface area contributed by atoms with E-state index in [0.717, 1.165) is 32.4 Å². The Morgan fingerprint density at radius 2 is 1.92 bits per heavy atom. The number of para-hydroxylation sites is 1. The van der Waals surface area contributed by atoms with Crippen molar-refractivity contribution in [3.63, 3.8) is 0 Å². The lowest BCUT2D eigenvalue weighted by molar-refractivity contribution is -0.137. The summed E-state index contributed by atoms with van der Waals surface area (Å²) in [6.45, 7) is 3.59. The Balaban J connectivity index is 1.56. The van der Waals surface area contributed by atoms with Crippen LogP contribution in [0.5, 0.6) is 0 Å². The third kappa shape index (κ3) is 3.81. The molecule has 0 radical (unpaired) electrons. The summed E-state index contributed by atoms with van der Waals surface area (Å²) in [4.78, 5) is 26.6.